The number of rotatable bonds is 2. The van der Waals surface area contributed by atoms with Gasteiger partial charge in [0.25, 0.3) is 0 Å². The number of benzene rings is 1. The highest BCUT2D eigenvalue weighted by Crippen LogP contribution is 2.19. The van der Waals surface area contributed by atoms with E-state index in [1.807, 2.05) is 0 Å². The maximum atomic E-state index is 11.2. The number of esters is 1. The molecule has 1 aliphatic heterocycles. The normalized spacial score (nSPS) is 19.0. The number of carbonyl (C=O) groups is 1. The first-order valence-electron chi connectivity index (χ1n) is 5.57. The maximum absolute atomic E-state index is 11.2. The van der Waals surface area contributed by atoms with Crippen molar-refractivity contribution in [1.29, 1.82) is 0 Å². The Hall–Kier alpha value is -1.35. The number of aryl methyl sites for hydroxylation is 1. The number of ether oxygens (including phenoxy) is 1. The predicted molar refractivity (Wildman–Crippen MR) is 62.1 cm³/mol. The summed E-state index contributed by atoms with van der Waals surface area (Å²) >= 11 is 0. The molecule has 0 radical (unpaired) electrons. The van der Waals surface area contributed by atoms with Gasteiger partial charge in [-0.25, -0.2) is 0 Å². The number of hydrogen-bond donors (Lipinski definition) is 1. The number of nitrogens with one attached hydrogen (secondary N) is 1. The summed E-state index contributed by atoms with van der Waals surface area (Å²) in [6.45, 7) is 2.94. The summed E-state index contributed by atoms with van der Waals surface area (Å²) in [4.78, 5) is 11.2. The molecule has 3 nitrogen and oxygen atoms in total. The predicted octanol–water partition coefficient (Wildman–Crippen LogP) is 1.57. The van der Waals surface area contributed by atoms with E-state index in [4.69, 9.17) is 0 Å². The van der Waals surface area contributed by atoms with Crippen molar-refractivity contribution in [2.24, 2.45) is 0 Å². The molecule has 0 bridgehead atoms. The van der Waals surface area contributed by atoms with Gasteiger partial charge in [0.15, 0.2) is 0 Å². The Morgan fingerprint density at radius 3 is 3.06 bits per heavy atom. The zero-order valence-corrected chi connectivity index (χ0v) is 9.75. The van der Waals surface area contributed by atoms with E-state index in [1.165, 1.54) is 23.8 Å². The van der Waals surface area contributed by atoms with Crippen molar-refractivity contribution < 1.29 is 9.53 Å². The standard InChI is InChI=1S/C13H17NO2/c1-9-3-4-10-8-14-12(6-11(10)5-9)7-13(15)16-2/h3-5,12,14H,6-8H2,1-2H3. The van der Waals surface area contributed by atoms with Crippen molar-refractivity contribution in [1.82, 2.24) is 5.32 Å². The molecule has 0 amide bonds. The van der Waals surface area contributed by atoms with E-state index in [1.54, 1.807) is 0 Å². The fourth-order valence-corrected chi connectivity index (χ4v) is 2.14. The summed E-state index contributed by atoms with van der Waals surface area (Å²) in [6.07, 6.45) is 1.36. The molecular weight excluding hydrogens is 202 g/mol. The molecule has 16 heavy (non-hydrogen) atoms. The second kappa shape index (κ2) is 4.66. The molecule has 0 fully saturated rings. The van der Waals surface area contributed by atoms with Gasteiger partial charge in [-0.1, -0.05) is 23.8 Å². The molecule has 0 spiro atoms. The van der Waals surface area contributed by atoms with Crippen LogP contribution >= 0.6 is 0 Å². The van der Waals surface area contributed by atoms with Crippen LogP contribution in [-0.2, 0) is 22.5 Å². The molecule has 1 aliphatic rings. The zero-order valence-electron chi connectivity index (χ0n) is 9.75. The fourth-order valence-electron chi connectivity index (χ4n) is 2.14. The number of hydrogen-bond acceptors (Lipinski definition) is 3. The molecule has 1 N–H and O–H groups in total. The molecular formula is C13H17NO2. The highest BCUT2D eigenvalue weighted by molar-refractivity contribution is 5.70. The van der Waals surface area contributed by atoms with Gasteiger partial charge in [0.1, 0.15) is 0 Å². The van der Waals surface area contributed by atoms with Crippen LogP contribution in [0.3, 0.4) is 0 Å². The Labute approximate surface area is 95.8 Å². The van der Waals surface area contributed by atoms with Gasteiger partial charge in [0.05, 0.1) is 13.5 Å². The SMILES string of the molecule is COC(=O)CC1Cc2cc(C)ccc2CN1. The lowest BCUT2D eigenvalue weighted by atomic mass is 9.93. The lowest BCUT2D eigenvalue weighted by Gasteiger charge is -2.25. The van der Waals surface area contributed by atoms with Crippen molar-refractivity contribution in [3.63, 3.8) is 0 Å². The summed E-state index contributed by atoms with van der Waals surface area (Å²) in [7, 11) is 1.43. The molecule has 1 unspecified atom stereocenters. The Kier molecular flexibility index (Phi) is 3.25. The summed E-state index contributed by atoms with van der Waals surface area (Å²) in [6, 6.07) is 6.70. The van der Waals surface area contributed by atoms with E-state index in [9.17, 15) is 4.79 Å². The molecule has 1 atom stereocenters. The van der Waals surface area contributed by atoms with Crippen molar-refractivity contribution in [2.75, 3.05) is 7.11 Å². The van der Waals surface area contributed by atoms with Crippen LogP contribution in [0.2, 0.25) is 0 Å². The van der Waals surface area contributed by atoms with Gasteiger partial charge >= 0.3 is 5.97 Å². The monoisotopic (exact) mass is 219 g/mol. The smallest absolute Gasteiger partial charge is 0.307 e. The third-order valence-electron chi connectivity index (χ3n) is 3.05. The van der Waals surface area contributed by atoms with Crippen LogP contribution in [0.4, 0.5) is 0 Å². The number of carbonyl (C=O) groups excluding carboxylic acids is 1. The molecule has 0 aromatic heterocycles. The van der Waals surface area contributed by atoms with Crippen molar-refractivity contribution in [3.8, 4) is 0 Å². The summed E-state index contributed by atoms with van der Waals surface area (Å²) in [5.74, 6) is -0.145. The van der Waals surface area contributed by atoms with Crippen LogP contribution in [0.5, 0.6) is 0 Å². The highest BCUT2D eigenvalue weighted by Gasteiger charge is 2.20. The summed E-state index contributed by atoms with van der Waals surface area (Å²) < 4.78 is 4.69. The Balaban J connectivity index is 2.08. The van der Waals surface area contributed by atoms with Gasteiger partial charge in [0, 0.05) is 12.6 Å². The fraction of sp³-hybridized carbons (Fsp3) is 0.462. The second-order valence-corrected chi connectivity index (χ2v) is 4.33. The quantitative estimate of drug-likeness (QED) is 0.767. The second-order valence-electron chi connectivity index (χ2n) is 4.33. The van der Waals surface area contributed by atoms with Crippen LogP contribution in [0.15, 0.2) is 18.2 Å². The van der Waals surface area contributed by atoms with Crippen molar-refractivity contribution in [3.05, 3.63) is 34.9 Å². The van der Waals surface area contributed by atoms with E-state index in [2.05, 4.69) is 35.2 Å². The van der Waals surface area contributed by atoms with E-state index < -0.39 is 0 Å². The molecule has 1 heterocycles. The van der Waals surface area contributed by atoms with Gasteiger partial charge in [-0.3, -0.25) is 4.79 Å². The Bertz CT molecular complexity index is 401. The summed E-state index contributed by atoms with van der Waals surface area (Å²) in [5.41, 5.74) is 3.97. The van der Waals surface area contributed by atoms with Gasteiger partial charge < -0.3 is 10.1 Å². The van der Waals surface area contributed by atoms with Gasteiger partial charge in [-0.2, -0.15) is 0 Å². The van der Waals surface area contributed by atoms with Gasteiger partial charge in [0.2, 0.25) is 0 Å². The van der Waals surface area contributed by atoms with Crippen LogP contribution in [-0.4, -0.2) is 19.1 Å². The van der Waals surface area contributed by atoms with Crippen LogP contribution in [0, 0.1) is 6.92 Å². The average Bonchev–Trinajstić information content (AvgIpc) is 2.28. The third kappa shape index (κ3) is 2.42. The largest absolute Gasteiger partial charge is 0.469 e. The molecule has 1 aromatic carbocycles. The Morgan fingerprint density at radius 2 is 2.31 bits per heavy atom. The molecule has 0 aliphatic carbocycles. The number of fused-ring (bicyclic) bond motifs is 1. The minimum absolute atomic E-state index is 0.145. The number of methoxy groups -OCH3 is 1. The molecule has 1 aromatic rings. The van der Waals surface area contributed by atoms with E-state index in [0.29, 0.717) is 6.42 Å². The average molecular weight is 219 g/mol. The molecule has 0 saturated carbocycles. The highest BCUT2D eigenvalue weighted by atomic mass is 16.5. The topological polar surface area (TPSA) is 38.3 Å². The first-order valence-corrected chi connectivity index (χ1v) is 5.57. The Morgan fingerprint density at radius 1 is 1.50 bits per heavy atom. The molecule has 0 saturated heterocycles. The molecule has 2 rings (SSSR count). The van der Waals surface area contributed by atoms with E-state index >= 15 is 0 Å². The molecule has 86 valence electrons. The lowest BCUT2D eigenvalue weighted by Crippen LogP contribution is -2.37. The van der Waals surface area contributed by atoms with Crippen molar-refractivity contribution in [2.45, 2.75) is 32.4 Å². The van der Waals surface area contributed by atoms with Crippen LogP contribution in [0.1, 0.15) is 23.1 Å². The van der Waals surface area contributed by atoms with Crippen molar-refractivity contribution >= 4 is 5.97 Å². The minimum Gasteiger partial charge on any atom is -0.469 e. The third-order valence-corrected chi connectivity index (χ3v) is 3.05. The van der Waals surface area contributed by atoms with Crippen LogP contribution < -0.4 is 5.32 Å². The van der Waals surface area contributed by atoms with Gasteiger partial charge in [-0.05, 0) is 24.5 Å². The lowest BCUT2D eigenvalue weighted by molar-refractivity contribution is -0.141. The van der Waals surface area contributed by atoms with E-state index in [-0.39, 0.29) is 12.0 Å². The minimum atomic E-state index is -0.145. The summed E-state index contributed by atoms with van der Waals surface area (Å²) in [5, 5.41) is 3.36. The maximum Gasteiger partial charge on any atom is 0.307 e. The zero-order chi connectivity index (χ0) is 11.5. The molecule has 3 heteroatoms. The van der Waals surface area contributed by atoms with Crippen LogP contribution in [0.25, 0.3) is 0 Å². The van der Waals surface area contributed by atoms with E-state index in [0.717, 1.165) is 13.0 Å². The first-order chi connectivity index (χ1) is 7.69. The van der Waals surface area contributed by atoms with Gasteiger partial charge in [-0.15, -0.1) is 0 Å². The first kappa shape index (κ1) is 11.1.